The molecule has 0 spiro atoms. The van der Waals surface area contributed by atoms with Crippen LogP contribution in [0.25, 0.3) is 0 Å². The summed E-state index contributed by atoms with van der Waals surface area (Å²) in [5.74, 6) is -1.82. The molecule has 1 heterocycles. The maximum atomic E-state index is 13.2. The van der Waals surface area contributed by atoms with Gasteiger partial charge in [-0.15, -0.1) is 0 Å². The molecule has 0 unspecified atom stereocenters. The molecular weight excluding hydrogens is 237 g/mol. The van der Waals surface area contributed by atoms with Crippen molar-refractivity contribution in [2.75, 3.05) is 11.4 Å². The quantitative estimate of drug-likeness (QED) is 0.830. The molecule has 0 fully saturated rings. The predicted molar refractivity (Wildman–Crippen MR) is 63.8 cm³/mol. The number of rotatable bonds is 3. The Morgan fingerprint density at radius 1 is 1.44 bits per heavy atom. The first-order valence-corrected chi connectivity index (χ1v) is 5.49. The molecule has 0 aromatic heterocycles. The van der Waals surface area contributed by atoms with E-state index in [1.807, 2.05) is 0 Å². The Morgan fingerprint density at radius 3 is 2.83 bits per heavy atom. The molecule has 0 aliphatic carbocycles. The van der Waals surface area contributed by atoms with Crippen LogP contribution in [0.3, 0.4) is 0 Å². The summed E-state index contributed by atoms with van der Waals surface area (Å²) in [6, 6.07) is 4.20. The topological polar surface area (TPSA) is 57.6 Å². The average molecular weight is 249 g/mol. The van der Waals surface area contributed by atoms with E-state index >= 15 is 0 Å². The summed E-state index contributed by atoms with van der Waals surface area (Å²) in [6.07, 6.45) is 0.843. The number of anilines is 1. The van der Waals surface area contributed by atoms with Crippen LogP contribution in [-0.4, -0.2) is 23.5 Å². The van der Waals surface area contributed by atoms with Crippen molar-refractivity contribution in [3.63, 3.8) is 0 Å². The fourth-order valence-corrected chi connectivity index (χ4v) is 1.94. The van der Waals surface area contributed by atoms with Crippen LogP contribution < -0.4 is 4.90 Å². The molecule has 1 aliphatic heterocycles. The maximum Gasteiger partial charge on any atom is 0.332 e. The minimum Gasteiger partial charge on any atom is -0.478 e. The number of carboxylic acid groups (broad SMARTS) is 1. The van der Waals surface area contributed by atoms with Crippen molar-refractivity contribution in [3.05, 3.63) is 41.7 Å². The number of fused-ring (bicyclic) bond motifs is 1. The maximum absolute atomic E-state index is 13.2. The molecule has 0 saturated carbocycles. The first kappa shape index (κ1) is 12.3. The van der Waals surface area contributed by atoms with E-state index in [0.29, 0.717) is 18.5 Å². The highest BCUT2D eigenvalue weighted by atomic mass is 19.1. The highest BCUT2D eigenvalue weighted by Gasteiger charge is 2.26. The molecule has 1 aromatic carbocycles. The number of aliphatic carboxylic acids is 1. The van der Waals surface area contributed by atoms with Crippen molar-refractivity contribution in [1.82, 2.24) is 0 Å². The molecule has 0 atom stereocenters. The van der Waals surface area contributed by atoms with Crippen LogP contribution in [0.15, 0.2) is 30.4 Å². The summed E-state index contributed by atoms with van der Waals surface area (Å²) < 4.78 is 13.2. The molecule has 1 N–H and O–H groups in total. The third-order valence-corrected chi connectivity index (χ3v) is 2.90. The predicted octanol–water partition coefficient (Wildman–Crippen LogP) is 1.75. The Hall–Kier alpha value is -2.17. The van der Waals surface area contributed by atoms with Crippen LogP contribution in [-0.2, 0) is 16.0 Å². The monoisotopic (exact) mass is 249 g/mol. The fourth-order valence-electron chi connectivity index (χ4n) is 1.94. The van der Waals surface area contributed by atoms with Gasteiger partial charge in [-0.05, 0) is 24.1 Å². The molecular formula is C13H12FNO3. The number of amides is 1. The van der Waals surface area contributed by atoms with Crippen molar-refractivity contribution in [1.29, 1.82) is 0 Å². The number of benzene rings is 1. The number of halogens is 1. The SMILES string of the molecule is C=C(CN1C(=O)CCc2ccc(F)cc21)C(=O)O. The summed E-state index contributed by atoms with van der Waals surface area (Å²) >= 11 is 0. The van der Waals surface area contributed by atoms with Gasteiger partial charge in [-0.1, -0.05) is 12.6 Å². The number of hydrogen-bond acceptors (Lipinski definition) is 2. The fraction of sp³-hybridized carbons (Fsp3) is 0.231. The van der Waals surface area contributed by atoms with Crippen LogP contribution >= 0.6 is 0 Å². The van der Waals surface area contributed by atoms with E-state index < -0.39 is 11.8 Å². The van der Waals surface area contributed by atoms with Gasteiger partial charge in [0.2, 0.25) is 5.91 Å². The average Bonchev–Trinajstić information content (AvgIpc) is 2.32. The highest BCUT2D eigenvalue weighted by molar-refractivity contribution is 5.99. The lowest BCUT2D eigenvalue weighted by Crippen LogP contribution is -2.37. The van der Waals surface area contributed by atoms with Crippen molar-refractivity contribution < 1.29 is 19.1 Å². The first-order chi connectivity index (χ1) is 8.49. The largest absolute Gasteiger partial charge is 0.478 e. The highest BCUT2D eigenvalue weighted by Crippen LogP contribution is 2.29. The molecule has 94 valence electrons. The number of hydrogen-bond donors (Lipinski definition) is 1. The molecule has 4 nitrogen and oxygen atoms in total. The number of carboxylic acids is 1. The summed E-state index contributed by atoms with van der Waals surface area (Å²) in [5, 5.41) is 8.79. The Bertz CT molecular complexity index is 539. The molecule has 2 rings (SSSR count). The molecule has 0 saturated heterocycles. The van der Waals surface area contributed by atoms with Gasteiger partial charge in [-0.3, -0.25) is 4.79 Å². The Kier molecular flexibility index (Phi) is 3.14. The van der Waals surface area contributed by atoms with Crippen LogP contribution in [0.1, 0.15) is 12.0 Å². The third-order valence-electron chi connectivity index (χ3n) is 2.90. The Labute approximate surface area is 103 Å². The van der Waals surface area contributed by atoms with Gasteiger partial charge in [0, 0.05) is 12.0 Å². The number of aryl methyl sites for hydroxylation is 1. The van der Waals surface area contributed by atoms with Crippen LogP contribution in [0.5, 0.6) is 0 Å². The zero-order chi connectivity index (χ0) is 13.3. The molecule has 1 aromatic rings. The van der Waals surface area contributed by atoms with E-state index in [4.69, 9.17) is 5.11 Å². The lowest BCUT2D eigenvalue weighted by molar-refractivity contribution is -0.132. The van der Waals surface area contributed by atoms with Crippen LogP contribution in [0, 0.1) is 5.82 Å². The van der Waals surface area contributed by atoms with E-state index in [2.05, 4.69) is 6.58 Å². The molecule has 18 heavy (non-hydrogen) atoms. The standard InChI is InChI=1S/C13H12FNO3/c1-8(13(17)18)7-15-11-6-10(14)4-2-9(11)3-5-12(15)16/h2,4,6H,1,3,5,7H2,(H,17,18). The lowest BCUT2D eigenvalue weighted by Gasteiger charge is -2.29. The van der Waals surface area contributed by atoms with E-state index in [1.54, 1.807) is 6.07 Å². The van der Waals surface area contributed by atoms with Crippen molar-refractivity contribution >= 4 is 17.6 Å². The van der Waals surface area contributed by atoms with Crippen LogP contribution in [0.2, 0.25) is 0 Å². The minimum absolute atomic E-state index is 0.0968. The van der Waals surface area contributed by atoms with Gasteiger partial charge in [0.25, 0.3) is 0 Å². The van der Waals surface area contributed by atoms with E-state index in [9.17, 15) is 14.0 Å². The number of nitrogens with zero attached hydrogens (tertiary/aromatic N) is 1. The zero-order valence-electron chi connectivity index (χ0n) is 9.65. The van der Waals surface area contributed by atoms with Gasteiger partial charge in [0.15, 0.2) is 0 Å². The van der Waals surface area contributed by atoms with Gasteiger partial charge in [-0.2, -0.15) is 0 Å². The Morgan fingerprint density at radius 2 is 2.17 bits per heavy atom. The van der Waals surface area contributed by atoms with Gasteiger partial charge in [-0.25, -0.2) is 9.18 Å². The van der Waals surface area contributed by atoms with Gasteiger partial charge < -0.3 is 10.0 Å². The van der Waals surface area contributed by atoms with E-state index in [1.165, 1.54) is 17.0 Å². The van der Waals surface area contributed by atoms with E-state index in [-0.39, 0.29) is 18.0 Å². The van der Waals surface area contributed by atoms with Crippen molar-refractivity contribution in [2.24, 2.45) is 0 Å². The van der Waals surface area contributed by atoms with Crippen LogP contribution in [0.4, 0.5) is 10.1 Å². The molecule has 1 amide bonds. The van der Waals surface area contributed by atoms with Gasteiger partial charge in [0.1, 0.15) is 5.82 Å². The number of carbonyl (C=O) groups excluding carboxylic acids is 1. The molecule has 0 radical (unpaired) electrons. The summed E-state index contributed by atoms with van der Waals surface area (Å²) in [4.78, 5) is 23.8. The van der Waals surface area contributed by atoms with Gasteiger partial charge in [0.05, 0.1) is 12.2 Å². The minimum atomic E-state index is -1.16. The lowest BCUT2D eigenvalue weighted by atomic mass is 10.0. The zero-order valence-corrected chi connectivity index (χ0v) is 9.65. The molecule has 1 aliphatic rings. The second kappa shape index (κ2) is 4.60. The Balaban J connectivity index is 2.35. The first-order valence-electron chi connectivity index (χ1n) is 5.49. The number of carbonyl (C=O) groups is 2. The van der Waals surface area contributed by atoms with Crippen molar-refractivity contribution in [2.45, 2.75) is 12.8 Å². The van der Waals surface area contributed by atoms with Crippen molar-refractivity contribution in [3.8, 4) is 0 Å². The van der Waals surface area contributed by atoms with Gasteiger partial charge >= 0.3 is 5.97 Å². The third kappa shape index (κ3) is 2.25. The second-order valence-electron chi connectivity index (χ2n) is 4.16. The molecule has 0 bridgehead atoms. The molecule has 5 heteroatoms. The summed E-state index contributed by atoms with van der Waals surface area (Å²) in [7, 11) is 0. The summed E-state index contributed by atoms with van der Waals surface area (Å²) in [5.41, 5.74) is 1.18. The normalized spacial score (nSPS) is 14.3. The van der Waals surface area contributed by atoms with E-state index in [0.717, 1.165) is 5.56 Å². The second-order valence-corrected chi connectivity index (χ2v) is 4.16. The smallest absolute Gasteiger partial charge is 0.332 e. The summed E-state index contributed by atoms with van der Waals surface area (Å²) in [6.45, 7) is 3.27.